The molecule has 2 rings (SSSR count). The summed E-state index contributed by atoms with van der Waals surface area (Å²) in [5.74, 6) is 0. The Morgan fingerprint density at radius 3 is 2.55 bits per heavy atom. The Labute approximate surface area is 133 Å². The molecule has 0 spiro atoms. The first-order valence-corrected chi connectivity index (χ1v) is 8.49. The van der Waals surface area contributed by atoms with Crippen molar-refractivity contribution in [3.05, 3.63) is 56.2 Å². The third kappa shape index (κ3) is 5.37. The minimum atomic E-state index is 0.661. The number of ether oxygens (including phenoxy) is 1. The predicted molar refractivity (Wildman–Crippen MR) is 89.0 cm³/mol. The number of benzene rings is 1. The van der Waals surface area contributed by atoms with Crippen molar-refractivity contribution in [3.8, 4) is 0 Å². The van der Waals surface area contributed by atoms with Crippen LogP contribution in [0.5, 0.6) is 0 Å². The van der Waals surface area contributed by atoms with E-state index in [4.69, 9.17) is 4.74 Å². The maximum Gasteiger partial charge on any atom is 0.0814 e. The van der Waals surface area contributed by atoms with Crippen LogP contribution in [0.2, 0.25) is 0 Å². The monoisotopic (exact) mass is 353 g/mol. The highest BCUT2D eigenvalue weighted by molar-refractivity contribution is 9.10. The molecule has 0 saturated heterocycles. The molecular formula is C16H20BrNOS. The molecule has 0 aliphatic carbocycles. The number of nitrogens with one attached hydrogen (secondary N) is 1. The number of halogens is 1. The van der Waals surface area contributed by atoms with Gasteiger partial charge >= 0.3 is 0 Å². The van der Waals surface area contributed by atoms with Crippen LogP contribution >= 0.6 is 27.3 Å². The molecule has 108 valence electrons. The van der Waals surface area contributed by atoms with Gasteiger partial charge in [0.1, 0.15) is 0 Å². The first-order valence-electron chi connectivity index (χ1n) is 6.88. The van der Waals surface area contributed by atoms with E-state index in [9.17, 15) is 0 Å². The third-order valence-electron chi connectivity index (χ3n) is 2.87. The van der Waals surface area contributed by atoms with Gasteiger partial charge in [0.2, 0.25) is 0 Å². The van der Waals surface area contributed by atoms with Crippen molar-refractivity contribution < 1.29 is 4.74 Å². The summed E-state index contributed by atoms with van der Waals surface area (Å²) in [7, 11) is 0. The summed E-state index contributed by atoms with van der Waals surface area (Å²) >= 11 is 5.26. The number of rotatable bonds is 8. The van der Waals surface area contributed by atoms with E-state index >= 15 is 0 Å². The lowest BCUT2D eigenvalue weighted by molar-refractivity contribution is 0.109. The summed E-state index contributed by atoms with van der Waals surface area (Å²) in [6.07, 6.45) is 1.18. The minimum Gasteiger partial charge on any atom is -0.371 e. The lowest BCUT2D eigenvalue weighted by Gasteiger charge is -2.03. The van der Waals surface area contributed by atoms with Crippen molar-refractivity contribution in [2.24, 2.45) is 0 Å². The van der Waals surface area contributed by atoms with Gasteiger partial charge in [0.05, 0.1) is 13.2 Å². The van der Waals surface area contributed by atoms with Crippen LogP contribution in [0.3, 0.4) is 0 Å². The van der Waals surface area contributed by atoms with Gasteiger partial charge in [0.15, 0.2) is 0 Å². The molecule has 2 aromatic rings. The molecule has 1 N–H and O–H groups in total. The van der Waals surface area contributed by atoms with Gasteiger partial charge in [-0.05, 0) is 42.8 Å². The summed E-state index contributed by atoms with van der Waals surface area (Å²) < 4.78 is 6.86. The maximum atomic E-state index is 5.76. The highest BCUT2D eigenvalue weighted by atomic mass is 79.9. The molecule has 0 radical (unpaired) electrons. The highest BCUT2D eigenvalue weighted by Crippen LogP contribution is 2.18. The van der Waals surface area contributed by atoms with Gasteiger partial charge in [-0.3, -0.25) is 0 Å². The number of thiophene rings is 1. The van der Waals surface area contributed by atoms with Crippen LogP contribution in [-0.4, -0.2) is 6.54 Å². The van der Waals surface area contributed by atoms with Crippen molar-refractivity contribution in [2.45, 2.75) is 33.1 Å². The van der Waals surface area contributed by atoms with Gasteiger partial charge in [-0.15, -0.1) is 11.3 Å². The molecule has 0 amide bonds. The van der Waals surface area contributed by atoms with Crippen molar-refractivity contribution in [2.75, 3.05) is 6.54 Å². The van der Waals surface area contributed by atoms with Crippen LogP contribution in [0.1, 0.15) is 28.7 Å². The van der Waals surface area contributed by atoms with E-state index in [1.165, 1.54) is 21.7 Å². The molecule has 0 aliphatic rings. The van der Waals surface area contributed by atoms with Crippen LogP contribution in [0, 0.1) is 0 Å². The van der Waals surface area contributed by atoms with Gasteiger partial charge in [0, 0.05) is 20.8 Å². The first kappa shape index (κ1) is 15.7. The molecule has 1 aromatic heterocycles. The minimum absolute atomic E-state index is 0.661. The van der Waals surface area contributed by atoms with Gasteiger partial charge < -0.3 is 10.1 Å². The summed E-state index contributed by atoms with van der Waals surface area (Å²) in [6.45, 7) is 5.57. The van der Waals surface area contributed by atoms with Crippen molar-refractivity contribution in [1.29, 1.82) is 0 Å². The predicted octanol–water partition coefficient (Wildman–Crippen LogP) is 4.73. The Bertz CT molecular complexity index is 509. The van der Waals surface area contributed by atoms with Crippen LogP contribution in [-0.2, 0) is 24.5 Å². The van der Waals surface area contributed by atoms with Gasteiger partial charge in [-0.1, -0.05) is 35.0 Å². The molecule has 20 heavy (non-hydrogen) atoms. The van der Waals surface area contributed by atoms with E-state index in [1.54, 1.807) is 0 Å². The maximum absolute atomic E-state index is 5.76. The lowest BCUT2D eigenvalue weighted by Crippen LogP contribution is -2.12. The van der Waals surface area contributed by atoms with Gasteiger partial charge in [-0.25, -0.2) is 0 Å². The average molecular weight is 354 g/mol. The molecule has 0 saturated carbocycles. The fourth-order valence-electron chi connectivity index (χ4n) is 1.83. The van der Waals surface area contributed by atoms with Crippen molar-refractivity contribution in [3.63, 3.8) is 0 Å². The second-order valence-corrected chi connectivity index (χ2v) is 6.83. The average Bonchev–Trinajstić information content (AvgIpc) is 2.89. The molecule has 2 nitrogen and oxygen atoms in total. The van der Waals surface area contributed by atoms with E-state index in [2.05, 4.69) is 52.4 Å². The van der Waals surface area contributed by atoms with E-state index in [0.717, 1.165) is 17.6 Å². The quantitative estimate of drug-likeness (QED) is 0.692. The molecule has 4 heteroatoms. The molecule has 1 heterocycles. The Kier molecular flexibility index (Phi) is 6.73. The van der Waals surface area contributed by atoms with E-state index in [0.29, 0.717) is 13.2 Å². The standard InChI is InChI=1S/C16H20BrNOS/c1-2-9-18-10-15-7-8-16(20-15)12-19-11-13-3-5-14(17)6-4-13/h3-8,18H,2,9-12H2,1H3. The Balaban J connectivity index is 1.72. The SMILES string of the molecule is CCCNCc1ccc(COCc2ccc(Br)cc2)s1. The Morgan fingerprint density at radius 2 is 1.80 bits per heavy atom. The first-order chi connectivity index (χ1) is 9.78. The third-order valence-corrected chi connectivity index (χ3v) is 4.46. The fraction of sp³-hybridized carbons (Fsp3) is 0.375. The van der Waals surface area contributed by atoms with E-state index in [-0.39, 0.29) is 0 Å². The van der Waals surface area contributed by atoms with Crippen molar-refractivity contribution in [1.82, 2.24) is 5.32 Å². The van der Waals surface area contributed by atoms with Crippen LogP contribution in [0.25, 0.3) is 0 Å². The molecule has 0 atom stereocenters. The second kappa shape index (κ2) is 8.57. The van der Waals surface area contributed by atoms with E-state index in [1.807, 2.05) is 23.5 Å². The summed E-state index contributed by atoms with van der Waals surface area (Å²) in [5, 5.41) is 3.42. The fourth-order valence-corrected chi connectivity index (χ4v) is 3.02. The topological polar surface area (TPSA) is 21.3 Å². The van der Waals surface area contributed by atoms with Crippen LogP contribution in [0.15, 0.2) is 40.9 Å². The number of hydrogen-bond donors (Lipinski definition) is 1. The molecule has 1 aromatic carbocycles. The summed E-state index contributed by atoms with van der Waals surface area (Å²) in [6, 6.07) is 12.6. The van der Waals surface area contributed by atoms with Gasteiger partial charge in [-0.2, -0.15) is 0 Å². The normalized spacial score (nSPS) is 10.9. The van der Waals surface area contributed by atoms with Crippen molar-refractivity contribution >= 4 is 27.3 Å². The smallest absolute Gasteiger partial charge is 0.0814 e. The zero-order valence-corrected chi connectivity index (χ0v) is 14.1. The lowest BCUT2D eigenvalue weighted by atomic mass is 10.2. The molecule has 0 bridgehead atoms. The van der Waals surface area contributed by atoms with Gasteiger partial charge in [0.25, 0.3) is 0 Å². The van der Waals surface area contributed by atoms with E-state index < -0.39 is 0 Å². The highest BCUT2D eigenvalue weighted by Gasteiger charge is 2.01. The zero-order valence-electron chi connectivity index (χ0n) is 11.7. The summed E-state index contributed by atoms with van der Waals surface area (Å²) in [5.41, 5.74) is 1.20. The molecule has 0 unspecified atom stereocenters. The largest absolute Gasteiger partial charge is 0.371 e. The molecule has 0 aliphatic heterocycles. The molecule has 0 fully saturated rings. The second-order valence-electron chi connectivity index (χ2n) is 4.66. The summed E-state index contributed by atoms with van der Waals surface area (Å²) in [4.78, 5) is 2.66. The van der Waals surface area contributed by atoms with Crippen LogP contribution in [0.4, 0.5) is 0 Å². The Hall–Kier alpha value is -0.680. The van der Waals surface area contributed by atoms with Crippen LogP contribution < -0.4 is 5.32 Å². The number of hydrogen-bond acceptors (Lipinski definition) is 3. The Morgan fingerprint density at radius 1 is 1.05 bits per heavy atom. The zero-order chi connectivity index (χ0) is 14.2. The molecular weight excluding hydrogens is 334 g/mol.